The molecule has 1 aliphatic rings. The van der Waals surface area contributed by atoms with Gasteiger partial charge in [0, 0.05) is 23.0 Å². The van der Waals surface area contributed by atoms with Gasteiger partial charge < -0.3 is 15.4 Å². The number of hydrogen-bond donors (Lipinski definition) is 1. The van der Waals surface area contributed by atoms with Crippen LogP contribution in [0.5, 0.6) is 5.75 Å². The van der Waals surface area contributed by atoms with Crippen LogP contribution in [0.1, 0.15) is 0 Å². The van der Waals surface area contributed by atoms with Crippen molar-refractivity contribution in [3.8, 4) is 17.1 Å². The lowest BCUT2D eigenvalue weighted by atomic mass is 10.2. The number of rotatable bonds is 2. The zero-order valence-corrected chi connectivity index (χ0v) is 13.7. The highest BCUT2D eigenvalue weighted by molar-refractivity contribution is 6.30. The molecule has 2 N–H and O–H groups in total. The van der Waals surface area contributed by atoms with E-state index in [0.29, 0.717) is 35.6 Å². The summed E-state index contributed by atoms with van der Waals surface area (Å²) in [6.07, 6.45) is 3.16. The Bertz CT molecular complexity index is 952. The number of ether oxygens (including phenoxy) is 1. The SMILES string of the molecule is Nc1cc(N2CCOc3cnc(-c4cc(Cl)ccc4F)nc32)ccn1. The molecule has 3 aromatic rings. The van der Waals surface area contributed by atoms with Crippen molar-refractivity contribution < 1.29 is 9.13 Å². The van der Waals surface area contributed by atoms with Crippen LogP contribution < -0.4 is 15.4 Å². The van der Waals surface area contributed by atoms with Crippen LogP contribution in [-0.2, 0) is 0 Å². The van der Waals surface area contributed by atoms with Gasteiger partial charge in [0.25, 0.3) is 0 Å². The topological polar surface area (TPSA) is 77.2 Å². The van der Waals surface area contributed by atoms with E-state index in [-0.39, 0.29) is 11.4 Å². The smallest absolute Gasteiger partial charge is 0.180 e. The molecule has 25 heavy (non-hydrogen) atoms. The van der Waals surface area contributed by atoms with Crippen LogP contribution >= 0.6 is 11.6 Å². The first-order valence-electron chi connectivity index (χ1n) is 7.56. The normalized spacial score (nSPS) is 13.3. The Labute approximate surface area is 148 Å². The van der Waals surface area contributed by atoms with E-state index >= 15 is 0 Å². The molecular formula is C17H13ClFN5O. The molecule has 6 nitrogen and oxygen atoms in total. The minimum Gasteiger partial charge on any atom is -0.486 e. The van der Waals surface area contributed by atoms with E-state index in [2.05, 4.69) is 15.0 Å². The quantitative estimate of drug-likeness (QED) is 0.757. The summed E-state index contributed by atoms with van der Waals surface area (Å²) < 4.78 is 19.8. The minimum absolute atomic E-state index is 0.232. The number of anilines is 3. The van der Waals surface area contributed by atoms with Crippen molar-refractivity contribution in [1.82, 2.24) is 15.0 Å². The summed E-state index contributed by atoms with van der Waals surface area (Å²) in [5, 5.41) is 0.410. The minimum atomic E-state index is -0.444. The second kappa shape index (κ2) is 6.18. The van der Waals surface area contributed by atoms with E-state index in [1.165, 1.54) is 24.4 Å². The summed E-state index contributed by atoms with van der Waals surface area (Å²) in [6.45, 7) is 1.05. The van der Waals surface area contributed by atoms with Crippen LogP contribution in [0.4, 0.5) is 21.7 Å². The number of benzene rings is 1. The average molecular weight is 358 g/mol. The molecule has 3 heterocycles. The van der Waals surface area contributed by atoms with Crippen LogP contribution in [0.3, 0.4) is 0 Å². The lowest BCUT2D eigenvalue weighted by molar-refractivity contribution is 0.310. The fraction of sp³-hybridized carbons (Fsp3) is 0.118. The summed E-state index contributed by atoms with van der Waals surface area (Å²) in [5.41, 5.74) is 6.84. The van der Waals surface area contributed by atoms with Gasteiger partial charge in [-0.3, -0.25) is 0 Å². The molecule has 2 aromatic heterocycles. The van der Waals surface area contributed by atoms with Crippen molar-refractivity contribution >= 4 is 28.9 Å². The van der Waals surface area contributed by atoms with Crippen molar-refractivity contribution in [2.45, 2.75) is 0 Å². The second-order valence-corrected chi connectivity index (χ2v) is 5.88. The van der Waals surface area contributed by atoms with Crippen molar-refractivity contribution in [3.63, 3.8) is 0 Å². The molecule has 126 valence electrons. The van der Waals surface area contributed by atoms with Gasteiger partial charge in [0.1, 0.15) is 18.2 Å². The maximum absolute atomic E-state index is 14.2. The monoisotopic (exact) mass is 357 g/mol. The number of nitrogens with two attached hydrogens (primary N) is 1. The Morgan fingerprint density at radius 2 is 2.08 bits per heavy atom. The summed E-state index contributed by atoms with van der Waals surface area (Å²) in [5.74, 6) is 1.26. The highest BCUT2D eigenvalue weighted by Crippen LogP contribution is 2.36. The van der Waals surface area contributed by atoms with E-state index in [4.69, 9.17) is 22.1 Å². The van der Waals surface area contributed by atoms with Crippen LogP contribution in [0.25, 0.3) is 11.4 Å². The van der Waals surface area contributed by atoms with Crippen molar-refractivity contribution in [2.24, 2.45) is 0 Å². The van der Waals surface area contributed by atoms with Gasteiger partial charge in [-0.15, -0.1) is 0 Å². The molecule has 1 aromatic carbocycles. The predicted octanol–water partition coefficient (Wildman–Crippen LogP) is 3.44. The van der Waals surface area contributed by atoms with Crippen molar-refractivity contribution in [1.29, 1.82) is 0 Å². The van der Waals surface area contributed by atoms with Crippen molar-refractivity contribution in [2.75, 3.05) is 23.8 Å². The number of aromatic nitrogens is 3. The van der Waals surface area contributed by atoms with Gasteiger partial charge in [0.2, 0.25) is 0 Å². The Hall–Kier alpha value is -2.93. The average Bonchev–Trinajstić information content (AvgIpc) is 2.63. The van der Waals surface area contributed by atoms with Gasteiger partial charge in [0.15, 0.2) is 17.4 Å². The number of halogens is 2. The fourth-order valence-corrected chi connectivity index (χ4v) is 2.84. The van der Waals surface area contributed by atoms with E-state index in [1.54, 1.807) is 12.3 Å². The van der Waals surface area contributed by atoms with E-state index in [1.807, 2.05) is 11.0 Å². The Morgan fingerprint density at radius 3 is 2.92 bits per heavy atom. The van der Waals surface area contributed by atoms with Gasteiger partial charge >= 0.3 is 0 Å². The van der Waals surface area contributed by atoms with Gasteiger partial charge in [-0.2, -0.15) is 0 Å². The van der Waals surface area contributed by atoms with Crippen LogP contribution in [0, 0.1) is 5.82 Å². The zero-order chi connectivity index (χ0) is 17.4. The predicted molar refractivity (Wildman–Crippen MR) is 93.6 cm³/mol. The maximum atomic E-state index is 14.2. The molecule has 0 aliphatic carbocycles. The Balaban J connectivity index is 1.82. The number of nitrogens with zero attached hydrogens (tertiary/aromatic N) is 4. The molecule has 0 fully saturated rings. The maximum Gasteiger partial charge on any atom is 0.180 e. The van der Waals surface area contributed by atoms with Crippen LogP contribution in [0.15, 0.2) is 42.7 Å². The van der Waals surface area contributed by atoms with Crippen LogP contribution in [-0.4, -0.2) is 28.1 Å². The molecule has 0 radical (unpaired) electrons. The number of pyridine rings is 1. The third kappa shape index (κ3) is 2.94. The highest BCUT2D eigenvalue weighted by Gasteiger charge is 2.23. The van der Waals surface area contributed by atoms with E-state index < -0.39 is 5.82 Å². The molecular weight excluding hydrogens is 345 g/mol. The summed E-state index contributed by atoms with van der Waals surface area (Å²) in [6, 6.07) is 7.84. The highest BCUT2D eigenvalue weighted by atomic mass is 35.5. The second-order valence-electron chi connectivity index (χ2n) is 5.44. The largest absolute Gasteiger partial charge is 0.486 e. The molecule has 0 saturated carbocycles. The third-order valence-corrected chi connectivity index (χ3v) is 4.05. The molecule has 0 saturated heterocycles. The Morgan fingerprint density at radius 1 is 1.20 bits per heavy atom. The summed E-state index contributed by atoms with van der Waals surface area (Å²) >= 11 is 5.97. The molecule has 0 amide bonds. The van der Waals surface area contributed by atoms with E-state index in [9.17, 15) is 4.39 Å². The lowest BCUT2D eigenvalue weighted by Gasteiger charge is -2.30. The fourth-order valence-electron chi connectivity index (χ4n) is 2.66. The first-order chi connectivity index (χ1) is 12.1. The molecule has 0 atom stereocenters. The standard InChI is InChI=1S/C17H13ClFN5O/c18-10-1-2-13(19)12(7-10)16-22-9-14-17(23-16)24(5-6-25-14)11-3-4-21-15(20)8-11/h1-4,7-9H,5-6H2,(H2,20,21). The van der Waals surface area contributed by atoms with Crippen LogP contribution in [0.2, 0.25) is 5.02 Å². The molecule has 0 spiro atoms. The molecule has 8 heteroatoms. The van der Waals surface area contributed by atoms with Gasteiger partial charge in [-0.05, 0) is 24.3 Å². The van der Waals surface area contributed by atoms with E-state index in [0.717, 1.165) is 5.69 Å². The first-order valence-corrected chi connectivity index (χ1v) is 7.94. The third-order valence-electron chi connectivity index (χ3n) is 3.81. The van der Waals surface area contributed by atoms with Gasteiger partial charge in [-0.1, -0.05) is 11.6 Å². The van der Waals surface area contributed by atoms with Gasteiger partial charge in [0.05, 0.1) is 18.3 Å². The van der Waals surface area contributed by atoms with Crippen molar-refractivity contribution in [3.05, 3.63) is 53.6 Å². The number of fused-ring (bicyclic) bond motifs is 1. The van der Waals surface area contributed by atoms with Gasteiger partial charge in [-0.25, -0.2) is 19.3 Å². The summed E-state index contributed by atoms with van der Waals surface area (Å²) in [4.78, 5) is 14.6. The Kier molecular flexibility index (Phi) is 3.85. The molecule has 1 aliphatic heterocycles. The number of hydrogen-bond acceptors (Lipinski definition) is 6. The molecule has 0 unspecified atom stereocenters. The first kappa shape index (κ1) is 15.6. The lowest BCUT2D eigenvalue weighted by Crippen LogP contribution is -2.30. The number of nitrogen functional groups attached to an aromatic ring is 1. The summed E-state index contributed by atoms with van der Waals surface area (Å²) in [7, 11) is 0. The molecule has 0 bridgehead atoms. The molecule has 4 rings (SSSR count). The zero-order valence-electron chi connectivity index (χ0n) is 13.0.